The topological polar surface area (TPSA) is 80.1 Å². The van der Waals surface area contributed by atoms with E-state index in [2.05, 4.69) is 21.5 Å². The molecule has 1 N–H and O–H groups in total. The summed E-state index contributed by atoms with van der Waals surface area (Å²) in [7, 11) is 1.89. The molecule has 0 spiro atoms. The van der Waals surface area contributed by atoms with E-state index in [9.17, 15) is 14.0 Å². The van der Waals surface area contributed by atoms with Gasteiger partial charge in [0, 0.05) is 18.5 Å². The maximum absolute atomic E-state index is 13.3. The molecule has 37 heavy (non-hydrogen) atoms. The van der Waals surface area contributed by atoms with Crippen molar-refractivity contribution in [2.45, 2.75) is 59.9 Å². The number of anilines is 1. The van der Waals surface area contributed by atoms with E-state index in [0.29, 0.717) is 22.6 Å². The van der Waals surface area contributed by atoms with Crippen molar-refractivity contribution < 1.29 is 14.0 Å². The Kier molecular flexibility index (Phi) is 7.30. The number of benzene rings is 1. The highest BCUT2D eigenvalue weighted by Gasteiger charge is 2.30. The van der Waals surface area contributed by atoms with E-state index < -0.39 is 5.41 Å². The molecule has 2 amide bonds. The molecular formula is C29H34FN5O2. The largest absolute Gasteiger partial charge is 0.342 e. The average molecular weight is 504 g/mol. The third kappa shape index (κ3) is 5.63. The van der Waals surface area contributed by atoms with E-state index >= 15 is 0 Å². The molecule has 4 rings (SSSR count). The Morgan fingerprint density at radius 2 is 1.84 bits per heavy atom. The van der Waals surface area contributed by atoms with Gasteiger partial charge in [-0.2, -0.15) is 5.10 Å². The highest BCUT2D eigenvalue weighted by atomic mass is 19.1. The van der Waals surface area contributed by atoms with Crippen molar-refractivity contribution in [1.29, 1.82) is 0 Å². The standard InChI is InChI=1S/C29H34FN5O2/c1-18-15-22(33-27(36)25-17-32-35(19(25)2)24-13-9-21(30)10-14-24)16-31-26(18)20-7-11-23(12-8-20)34(6)28(37)29(3,4)5/h7,9-10,13-17,23H,8,11-12H2,1-6H3,(H,33,36). The fraction of sp³-hybridized carbons (Fsp3) is 0.379. The van der Waals surface area contributed by atoms with Gasteiger partial charge in [-0.15, -0.1) is 0 Å². The summed E-state index contributed by atoms with van der Waals surface area (Å²) in [6.07, 6.45) is 7.89. The summed E-state index contributed by atoms with van der Waals surface area (Å²) in [5.41, 5.74) is 5.03. The van der Waals surface area contributed by atoms with Crippen molar-refractivity contribution in [3.8, 4) is 5.69 Å². The maximum Gasteiger partial charge on any atom is 0.259 e. The zero-order chi connectivity index (χ0) is 26.9. The van der Waals surface area contributed by atoms with Crippen molar-refractivity contribution in [3.05, 3.63) is 77.1 Å². The smallest absolute Gasteiger partial charge is 0.259 e. The summed E-state index contributed by atoms with van der Waals surface area (Å²) in [5.74, 6) is -0.460. The molecule has 1 aromatic carbocycles. The monoisotopic (exact) mass is 503 g/mol. The quantitative estimate of drug-likeness (QED) is 0.483. The fourth-order valence-electron chi connectivity index (χ4n) is 4.73. The second-order valence-electron chi connectivity index (χ2n) is 10.7. The van der Waals surface area contributed by atoms with E-state index in [4.69, 9.17) is 0 Å². The molecule has 0 fully saturated rings. The van der Waals surface area contributed by atoms with Crippen LogP contribution in [0.3, 0.4) is 0 Å². The molecule has 7 nitrogen and oxygen atoms in total. The Bertz CT molecular complexity index is 1350. The highest BCUT2D eigenvalue weighted by molar-refractivity contribution is 6.05. The van der Waals surface area contributed by atoms with E-state index in [1.165, 1.54) is 23.9 Å². The summed E-state index contributed by atoms with van der Waals surface area (Å²) < 4.78 is 14.9. The Morgan fingerprint density at radius 3 is 2.43 bits per heavy atom. The number of rotatable bonds is 5. The molecular weight excluding hydrogens is 469 g/mol. The van der Waals surface area contributed by atoms with E-state index in [-0.39, 0.29) is 23.7 Å². The van der Waals surface area contributed by atoms with Crippen LogP contribution in [0.4, 0.5) is 10.1 Å². The van der Waals surface area contributed by atoms with E-state index in [1.807, 2.05) is 45.7 Å². The number of aromatic nitrogens is 3. The first kappa shape index (κ1) is 26.3. The predicted molar refractivity (Wildman–Crippen MR) is 143 cm³/mol. The lowest BCUT2D eigenvalue weighted by atomic mass is 9.88. The van der Waals surface area contributed by atoms with Crippen molar-refractivity contribution in [1.82, 2.24) is 19.7 Å². The van der Waals surface area contributed by atoms with Crippen LogP contribution < -0.4 is 5.32 Å². The van der Waals surface area contributed by atoms with E-state index in [1.54, 1.807) is 29.9 Å². The molecule has 2 aromatic heterocycles. The number of allylic oxidation sites excluding steroid dienone is 1. The molecule has 8 heteroatoms. The molecule has 0 bridgehead atoms. The number of carbonyl (C=O) groups excluding carboxylic acids is 2. The number of amides is 2. The summed E-state index contributed by atoms with van der Waals surface area (Å²) in [6.45, 7) is 9.62. The number of nitrogens with zero attached hydrogens (tertiary/aromatic N) is 4. The summed E-state index contributed by atoms with van der Waals surface area (Å²) in [4.78, 5) is 32.1. The number of hydrogen-bond acceptors (Lipinski definition) is 4. The van der Waals surface area contributed by atoms with Crippen LogP contribution in [0.1, 0.15) is 67.3 Å². The summed E-state index contributed by atoms with van der Waals surface area (Å²) in [5, 5.41) is 7.21. The molecule has 0 aliphatic heterocycles. The van der Waals surface area contributed by atoms with Crippen LogP contribution in [-0.4, -0.2) is 44.6 Å². The SMILES string of the molecule is Cc1cc(NC(=O)c2cnn(-c3ccc(F)cc3)c2C)cnc1C1=CCC(N(C)C(=O)C(C)(C)C)CC1. The second kappa shape index (κ2) is 10.3. The van der Waals surface area contributed by atoms with Gasteiger partial charge in [0.05, 0.1) is 40.7 Å². The minimum Gasteiger partial charge on any atom is -0.342 e. The molecule has 1 aliphatic rings. The predicted octanol–water partition coefficient (Wildman–Crippen LogP) is 5.72. The van der Waals surface area contributed by atoms with Crippen molar-refractivity contribution in [2.75, 3.05) is 12.4 Å². The third-order valence-corrected chi connectivity index (χ3v) is 6.86. The Balaban J connectivity index is 1.44. The Morgan fingerprint density at radius 1 is 1.14 bits per heavy atom. The van der Waals surface area contributed by atoms with E-state index in [0.717, 1.165) is 30.5 Å². The highest BCUT2D eigenvalue weighted by Crippen LogP contribution is 2.32. The molecule has 1 atom stereocenters. The number of nitrogens with one attached hydrogen (secondary N) is 1. The minimum atomic E-state index is -0.394. The van der Waals surface area contributed by atoms with Gasteiger partial charge in [-0.05, 0) is 74.6 Å². The average Bonchev–Trinajstić information content (AvgIpc) is 3.24. The molecule has 0 saturated heterocycles. The van der Waals surface area contributed by atoms with Crippen LogP contribution in [0.15, 0.2) is 48.8 Å². The third-order valence-electron chi connectivity index (χ3n) is 6.86. The number of carbonyl (C=O) groups is 2. The summed E-state index contributed by atoms with van der Waals surface area (Å²) in [6, 6.07) is 8.06. The maximum atomic E-state index is 13.3. The van der Waals surface area contributed by atoms with Crippen LogP contribution in [0.2, 0.25) is 0 Å². The zero-order valence-electron chi connectivity index (χ0n) is 22.3. The van der Waals surface area contributed by atoms with Crippen molar-refractivity contribution in [3.63, 3.8) is 0 Å². The molecule has 0 radical (unpaired) electrons. The van der Waals surface area contributed by atoms with Gasteiger partial charge in [-0.1, -0.05) is 26.8 Å². The number of aryl methyl sites for hydroxylation is 1. The Labute approximate surface area is 217 Å². The first-order valence-corrected chi connectivity index (χ1v) is 12.5. The Hall–Kier alpha value is -3.81. The summed E-state index contributed by atoms with van der Waals surface area (Å²) >= 11 is 0. The first-order valence-electron chi connectivity index (χ1n) is 12.5. The molecule has 1 aliphatic carbocycles. The number of halogens is 1. The molecule has 194 valence electrons. The molecule has 3 aromatic rings. The van der Waals surface area contributed by atoms with Gasteiger partial charge in [0.1, 0.15) is 5.82 Å². The molecule has 1 unspecified atom stereocenters. The lowest BCUT2D eigenvalue weighted by Crippen LogP contribution is -2.43. The fourth-order valence-corrected chi connectivity index (χ4v) is 4.73. The van der Waals surface area contributed by atoms with Gasteiger partial charge in [0.25, 0.3) is 5.91 Å². The minimum absolute atomic E-state index is 0.155. The van der Waals surface area contributed by atoms with Crippen LogP contribution in [-0.2, 0) is 4.79 Å². The van der Waals surface area contributed by atoms with Crippen LogP contribution in [0.5, 0.6) is 0 Å². The lowest BCUT2D eigenvalue weighted by molar-refractivity contribution is -0.140. The van der Waals surface area contributed by atoms with Gasteiger partial charge in [0.2, 0.25) is 5.91 Å². The van der Waals surface area contributed by atoms with Crippen LogP contribution in [0.25, 0.3) is 11.3 Å². The van der Waals surface area contributed by atoms with Gasteiger partial charge in [-0.3, -0.25) is 14.6 Å². The van der Waals surface area contributed by atoms with Crippen molar-refractivity contribution >= 4 is 23.1 Å². The second-order valence-corrected chi connectivity index (χ2v) is 10.7. The lowest BCUT2D eigenvalue weighted by Gasteiger charge is -2.35. The zero-order valence-corrected chi connectivity index (χ0v) is 22.3. The number of pyridine rings is 1. The van der Waals surface area contributed by atoms with Gasteiger partial charge < -0.3 is 10.2 Å². The van der Waals surface area contributed by atoms with Gasteiger partial charge in [0.15, 0.2) is 0 Å². The van der Waals surface area contributed by atoms with Gasteiger partial charge >= 0.3 is 0 Å². The first-order chi connectivity index (χ1) is 17.5. The molecule has 2 heterocycles. The normalized spacial score (nSPS) is 15.8. The van der Waals surface area contributed by atoms with Gasteiger partial charge in [-0.25, -0.2) is 9.07 Å². The molecule has 0 saturated carbocycles. The van der Waals surface area contributed by atoms with Crippen LogP contribution >= 0.6 is 0 Å². The van der Waals surface area contributed by atoms with Crippen molar-refractivity contribution in [2.24, 2.45) is 5.41 Å². The number of hydrogen-bond donors (Lipinski definition) is 1. The van der Waals surface area contributed by atoms with Crippen LogP contribution in [0, 0.1) is 25.1 Å².